The standard InChI is InChI=1S/C39H47N4/c1-10-43(9)23-40(8)19-36-18-33(15-28(6)39(36)43)32-14-27(5)38-35(17-32)21-42-22-41(38)20-34-16-31(13-26(4)37(34)42)30-11-24(2)29(7)25(3)12-30/h11-18H,10,19-23H2,1-9H3/q+1. The van der Waals surface area contributed by atoms with Crippen LogP contribution in [0.3, 0.4) is 0 Å². The number of hydrogen-bond donors (Lipinski definition) is 0. The van der Waals surface area contributed by atoms with Gasteiger partial charge in [0.15, 0.2) is 0 Å². The first-order valence-electron chi connectivity index (χ1n) is 16.0. The number of aryl methyl sites for hydroxylation is 5. The van der Waals surface area contributed by atoms with Gasteiger partial charge in [-0.05, 0) is 153 Å². The van der Waals surface area contributed by atoms with E-state index < -0.39 is 0 Å². The van der Waals surface area contributed by atoms with Crippen LogP contribution in [0.1, 0.15) is 57.0 Å². The van der Waals surface area contributed by atoms with Crippen molar-refractivity contribution in [3.8, 4) is 22.3 Å². The minimum Gasteiger partial charge on any atom is -0.349 e. The molecule has 3 heterocycles. The first kappa shape index (κ1) is 28.2. The third-order valence-corrected chi connectivity index (χ3v) is 10.7. The summed E-state index contributed by atoms with van der Waals surface area (Å²) in [6.07, 6.45) is 0. The average Bonchev–Trinajstić information content (AvgIpc) is 2.94. The molecule has 222 valence electrons. The molecule has 0 saturated heterocycles. The molecule has 0 saturated carbocycles. The van der Waals surface area contributed by atoms with Crippen LogP contribution in [0, 0.1) is 41.5 Å². The maximum atomic E-state index is 2.60. The van der Waals surface area contributed by atoms with E-state index in [2.05, 4.69) is 126 Å². The zero-order chi connectivity index (χ0) is 30.4. The van der Waals surface area contributed by atoms with E-state index in [-0.39, 0.29) is 0 Å². The summed E-state index contributed by atoms with van der Waals surface area (Å²) in [5.74, 6) is 0. The van der Waals surface area contributed by atoms with Gasteiger partial charge in [-0.3, -0.25) is 9.38 Å². The second-order valence-electron chi connectivity index (χ2n) is 14.0. The van der Waals surface area contributed by atoms with Gasteiger partial charge in [0.25, 0.3) is 0 Å². The number of benzene rings is 4. The van der Waals surface area contributed by atoms with Crippen molar-refractivity contribution in [1.29, 1.82) is 0 Å². The molecule has 4 aromatic carbocycles. The highest BCUT2D eigenvalue weighted by Crippen LogP contribution is 2.45. The third kappa shape index (κ3) is 4.49. The Morgan fingerprint density at radius 2 is 1.02 bits per heavy atom. The molecule has 0 aliphatic carbocycles. The van der Waals surface area contributed by atoms with Gasteiger partial charge in [0.2, 0.25) is 0 Å². The SMILES string of the molecule is CC[N+]1(C)CN(C)Cc2cc(-c3cc(C)c4c(c3)CN3CN4Cc4cc(-c5cc(C)c(C)c(C)c5)cc(C)c43)cc(C)c21. The molecule has 0 aromatic heterocycles. The second-order valence-corrected chi connectivity index (χ2v) is 14.0. The molecule has 0 N–H and O–H groups in total. The zero-order valence-corrected chi connectivity index (χ0v) is 27.7. The van der Waals surface area contributed by atoms with E-state index in [1.807, 2.05) is 0 Å². The van der Waals surface area contributed by atoms with Gasteiger partial charge >= 0.3 is 0 Å². The summed E-state index contributed by atoms with van der Waals surface area (Å²) in [6, 6.07) is 19.4. The predicted octanol–water partition coefficient (Wildman–Crippen LogP) is 8.53. The van der Waals surface area contributed by atoms with E-state index in [1.165, 1.54) is 89.4 Å². The molecule has 7 rings (SSSR count). The normalized spacial score (nSPS) is 19.3. The average molecular weight is 572 g/mol. The fourth-order valence-electron chi connectivity index (χ4n) is 8.52. The van der Waals surface area contributed by atoms with Gasteiger partial charge in [-0.15, -0.1) is 0 Å². The minimum atomic E-state index is 0.952. The molecule has 4 aromatic rings. The number of nitrogens with zero attached hydrogens (tertiary/aromatic N) is 4. The van der Waals surface area contributed by atoms with Crippen LogP contribution in [0.15, 0.2) is 48.5 Å². The van der Waals surface area contributed by atoms with Gasteiger partial charge in [0.05, 0.1) is 20.3 Å². The molecule has 1 atom stereocenters. The molecule has 0 fully saturated rings. The lowest BCUT2D eigenvalue weighted by Gasteiger charge is -2.46. The monoisotopic (exact) mass is 571 g/mol. The van der Waals surface area contributed by atoms with Gasteiger partial charge in [0, 0.05) is 42.1 Å². The van der Waals surface area contributed by atoms with Crippen LogP contribution in [0.5, 0.6) is 0 Å². The van der Waals surface area contributed by atoms with Crippen molar-refractivity contribution in [3.05, 3.63) is 98.6 Å². The molecule has 4 heteroatoms. The summed E-state index contributed by atoms with van der Waals surface area (Å²) < 4.78 is 0.981. The quantitative estimate of drug-likeness (QED) is 0.228. The van der Waals surface area contributed by atoms with E-state index in [1.54, 1.807) is 0 Å². The van der Waals surface area contributed by atoms with Crippen molar-refractivity contribution in [2.24, 2.45) is 0 Å². The highest BCUT2D eigenvalue weighted by Gasteiger charge is 2.35. The lowest BCUT2D eigenvalue weighted by Crippen LogP contribution is -2.55. The topological polar surface area (TPSA) is 9.72 Å². The molecule has 3 aliphatic heterocycles. The Bertz CT molecular complexity index is 1780. The Balaban J connectivity index is 1.26. The van der Waals surface area contributed by atoms with Crippen molar-refractivity contribution in [2.45, 2.75) is 68.1 Å². The van der Waals surface area contributed by atoms with Crippen LogP contribution in [-0.4, -0.2) is 38.9 Å². The van der Waals surface area contributed by atoms with Crippen molar-refractivity contribution in [3.63, 3.8) is 0 Å². The van der Waals surface area contributed by atoms with Crippen LogP contribution in [-0.2, 0) is 19.6 Å². The highest BCUT2D eigenvalue weighted by molar-refractivity contribution is 5.80. The third-order valence-electron chi connectivity index (χ3n) is 10.7. The lowest BCUT2D eigenvalue weighted by molar-refractivity contribution is 0.162. The summed E-state index contributed by atoms with van der Waals surface area (Å²) in [6.45, 7) is 22.0. The maximum absolute atomic E-state index is 2.60. The molecule has 1 unspecified atom stereocenters. The van der Waals surface area contributed by atoms with E-state index in [9.17, 15) is 0 Å². The molecular weight excluding hydrogens is 524 g/mol. The van der Waals surface area contributed by atoms with Crippen molar-refractivity contribution < 1.29 is 0 Å². The molecule has 3 aliphatic rings. The fourth-order valence-corrected chi connectivity index (χ4v) is 8.52. The molecule has 0 spiro atoms. The predicted molar refractivity (Wildman–Crippen MR) is 184 cm³/mol. The number of anilines is 2. The largest absolute Gasteiger partial charge is 0.349 e. The van der Waals surface area contributed by atoms with Crippen LogP contribution in [0.4, 0.5) is 17.1 Å². The Morgan fingerprint density at radius 3 is 1.53 bits per heavy atom. The van der Waals surface area contributed by atoms with E-state index in [0.29, 0.717) is 0 Å². The summed E-state index contributed by atoms with van der Waals surface area (Å²) in [7, 11) is 4.64. The zero-order valence-electron chi connectivity index (χ0n) is 27.7. The molecular formula is C39H47N4+. The Hall–Kier alpha value is -3.60. The van der Waals surface area contributed by atoms with Crippen molar-refractivity contribution in [1.82, 2.24) is 9.38 Å². The van der Waals surface area contributed by atoms with Gasteiger partial charge in [-0.2, -0.15) is 0 Å². The number of fused-ring (bicyclic) bond motifs is 7. The number of rotatable bonds is 3. The molecule has 0 amide bonds. The highest BCUT2D eigenvalue weighted by atomic mass is 15.4. The summed E-state index contributed by atoms with van der Waals surface area (Å²) >= 11 is 0. The van der Waals surface area contributed by atoms with Crippen LogP contribution in [0.2, 0.25) is 0 Å². The van der Waals surface area contributed by atoms with Crippen molar-refractivity contribution >= 4 is 17.1 Å². The van der Waals surface area contributed by atoms with E-state index >= 15 is 0 Å². The summed E-state index contributed by atoms with van der Waals surface area (Å²) in [5, 5.41) is 0. The van der Waals surface area contributed by atoms with E-state index in [4.69, 9.17) is 0 Å². The first-order valence-corrected chi connectivity index (χ1v) is 16.0. The van der Waals surface area contributed by atoms with Gasteiger partial charge in [-0.25, -0.2) is 0 Å². The minimum absolute atomic E-state index is 0.952. The van der Waals surface area contributed by atoms with Crippen LogP contribution in [0.25, 0.3) is 22.3 Å². The molecule has 43 heavy (non-hydrogen) atoms. The first-order chi connectivity index (χ1) is 20.5. The second kappa shape index (κ2) is 9.97. The summed E-state index contributed by atoms with van der Waals surface area (Å²) in [5.41, 5.74) is 22.4. The van der Waals surface area contributed by atoms with Crippen LogP contribution < -0.4 is 14.3 Å². The lowest BCUT2D eigenvalue weighted by atomic mass is 9.89. The molecule has 4 nitrogen and oxygen atoms in total. The van der Waals surface area contributed by atoms with Crippen LogP contribution >= 0.6 is 0 Å². The van der Waals surface area contributed by atoms with Crippen molar-refractivity contribution in [2.75, 3.05) is 43.8 Å². The molecule has 0 radical (unpaired) electrons. The smallest absolute Gasteiger partial charge is 0.141 e. The Morgan fingerprint density at radius 1 is 0.581 bits per heavy atom. The summed E-state index contributed by atoms with van der Waals surface area (Å²) in [4.78, 5) is 7.68. The van der Waals surface area contributed by atoms with Gasteiger partial charge in [-0.1, -0.05) is 12.1 Å². The Labute approximate surface area is 258 Å². The van der Waals surface area contributed by atoms with E-state index in [0.717, 1.165) is 44.0 Å². The van der Waals surface area contributed by atoms with Gasteiger partial charge in [0.1, 0.15) is 12.4 Å². The maximum Gasteiger partial charge on any atom is 0.141 e. The Kier molecular flexibility index (Phi) is 6.54. The fraction of sp³-hybridized carbons (Fsp3) is 0.385. The molecule has 2 bridgehead atoms. The number of quaternary nitrogens is 1. The van der Waals surface area contributed by atoms with Gasteiger partial charge < -0.3 is 9.80 Å². The number of hydrogen-bond acceptors (Lipinski definition) is 3.